The largest absolute Gasteiger partial charge is 0.493 e. The van der Waals surface area contributed by atoms with Gasteiger partial charge in [-0.1, -0.05) is 23.7 Å². The zero-order chi connectivity index (χ0) is 22.2. The van der Waals surface area contributed by atoms with Crippen LogP contribution in [-0.2, 0) is 6.42 Å². The molecule has 0 fully saturated rings. The van der Waals surface area contributed by atoms with Crippen molar-refractivity contribution in [3.8, 4) is 28.4 Å². The van der Waals surface area contributed by atoms with Crippen LogP contribution in [-0.4, -0.2) is 34.9 Å². The minimum atomic E-state index is -0.313. The lowest BCUT2D eigenvalue weighted by Crippen LogP contribution is -2.15. The van der Waals surface area contributed by atoms with Crippen molar-refractivity contribution >= 4 is 23.2 Å². The zero-order valence-corrected chi connectivity index (χ0v) is 18.2. The summed E-state index contributed by atoms with van der Waals surface area (Å²) in [6.07, 6.45) is 3.77. The number of benzene rings is 2. The Labute approximate surface area is 189 Å². The summed E-state index contributed by atoms with van der Waals surface area (Å²) in [7, 11) is 3.20. The molecule has 1 aliphatic rings. The van der Waals surface area contributed by atoms with Crippen molar-refractivity contribution in [2.45, 2.75) is 6.42 Å². The highest BCUT2D eigenvalue weighted by Gasteiger charge is 2.33. The summed E-state index contributed by atoms with van der Waals surface area (Å²) in [6, 6.07) is 14.8. The number of nitrogens with one attached hydrogen (secondary N) is 1. The quantitative estimate of drug-likeness (QED) is 0.421. The molecule has 4 aromatic rings. The number of anilines is 1. The Bertz CT molecular complexity index is 1330. The molecule has 2 heterocycles. The topological polar surface area (TPSA) is 78.3 Å². The van der Waals surface area contributed by atoms with Crippen molar-refractivity contribution in [2.24, 2.45) is 0 Å². The predicted octanol–water partition coefficient (Wildman–Crippen LogP) is 4.76. The molecule has 0 radical (unpaired) electrons. The van der Waals surface area contributed by atoms with Crippen molar-refractivity contribution in [2.75, 3.05) is 19.5 Å². The maximum absolute atomic E-state index is 13.2. The second kappa shape index (κ2) is 8.01. The van der Waals surface area contributed by atoms with Gasteiger partial charge in [0, 0.05) is 23.7 Å². The fourth-order valence-corrected chi connectivity index (χ4v) is 4.20. The smallest absolute Gasteiger partial charge is 0.276 e. The second-order valence-corrected chi connectivity index (χ2v) is 7.68. The third-order valence-corrected chi connectivity index (χ3v) is 5.75. The fraction of sp³-hybridized carbons (Fsp3) is 0.125. The van der Waals surface area contributed by atoms with Crippen LogP contribution in [0.5, 0.6) is 11.5 Å². The van der Waals surface area contributed by atoms with E-state index in [0.717, 1.165) is 22.4 Å². The van der Waals surface area contributed by atoms with E-state index in [9.17, 15) is 4.79 Å². The fourth-order valence-electron chi connectivity index (χ4n) is 3.98. The SMILES string of the molecule is COc1cc2c(cc1OC)-c1c(c(C(=O)Nc3cccnc3)nn1-c1ccccc1Cl)C2. The van der Waals surface area contributed by atoms with Gasteiger partial charge in [0.1, 0.15) is 0 Å². The van der Waals surface area contributed by atoms with Crippen LogP contribution in [0, 0.1) is 0 Å². The molecule has 5 rings (SSSR count). The molecular weight excluding hydrogens is 428 g/mol. The molecule has 0 unspecified atom stereocenters. The third kappa shape index (κ3) is 3.27. The van der Waals surface area contributed by atoms with E-state index in [-0.39, 0.29) is 5.91 Å². The number of hydrogen-bond donors (Lipinski definition) is 1. The standard InChI is InChI=1S/C24H19ClN4O3/c1-31-20-11-14-10-17-22(24(30)27-15-6-5-9-26-13-15)28-29(19-8-4-3-7-18(19)25)23(17)16(14)12-21(20)32-2/h3-9,11-13H,10H2,1-2H3,(H,27,30). The number of methoxy groups -OCH3 is 2. The predicted molar refractivity (Wildman–Crippen MR) is 122 cm³/mol. The molecule has 8 heteroatoms. The van der Waals surface area contributed by atoms with Crippen LogP contribution in [0.2, 0.25) is 5.02 Å². The second-order valence-electron chi connectivity index (χ2n) is 7.28. The molecule has 0 atom stereocenters. The number of pyridine rings is 1. The summed E-state index contributed by atoms with van der Waals surface area (Å²) < 4.78 is 12.7. The number of ether oxygens (including phenoxy) is 2. The number of hydrogen-bond acceptors (Lipinski definition) is 5. The maximum Gasteiger partial charge on any atom is 0.276 e. The minimum Gasteiger partial charge on any atom is -0.493 e. The average Bonchev–Trinajstić information content (AvgIpc) is 3.36. The number of carbonyl (C=O) groups excluding carboxylic acids is 1. The van der Waals surface area contributed by atoms with Crippen molar-refractivity contribution in [3.05, 3.63) is 82.8 Å². The highest BCUT2D eigenvalue weighted by molar-refractivity contribution is 6.32. The van der Waals surface area contributed by atoms with E-state index in [1.54, 1.807) is 49.5 Å². The number of para-hydroxylation sites is 1. The van der Waals surface area contributed by atoms with E-state index in [4.69, 9.17) is 21.1 Å². The lowest BCUT2D eigenvalue weighted by atomic mass is 10.1. The van der Waals surface area contributed by atoms with E-state index in [2.05, 4.69) is 15.4 Å². The average molecular weight is 447 g/mol. The van der Waals surface area contributed by atoms with Crippen LogP contribution in [0.25, 0.3) is 16.9 Å². The molecular formula is C24H19ClN4O3. The van der Waals surface area contributed by atoms with Crippen molar-refractivity contribution in [1.82, 2.24) is 14.8 Å². The third-order valence-electron chi connectivity index (χ3n) is 5.43. The van der Waals surface area contributed by atoms with Crippen LogP contribution in [0.15, 0.2) is 60.9 Å². The van der Waals surface area contributed by atoms with Gasteiger partial charge < -0.3 is 14.8 Å². The summed E-state index contributed by atoms with van der Waals surface area (Å²) in [5.41, 5.74) is 5.18. The number of carbonyl (C=O) groups is 1. The number of amides is 1. The molecule has 0 saturated heterocycles. The van der Waals surface area contributed by atoms with Crippen molar-refractivity contribution < 1.29 is 14.3 Å². The molecule has 0 bridgehead atoms. The minimum absolute atomic E-state index is 0.313. The highest BCUT2D eigenvalue weighted by Crippen LogP contribution is 2.45. The number of aromatic nitrogens is 3. The van der Waals surface area contributed by atoms with Crippen molar-refractivity contribution in [1.29, 1.82) is 0 Å². The van der Waals surface area contributed by atoms with E-state index >= 15 is 0 Å². The molecule has 2 aromatic heterocycles. The summed E-state index contributed by atoms with van der Waals surface area (Å²) in [4.78, 5) is 17.3. The van der Waals surface area contributed by atoms with Gasteiger partial charge in [-0.3, -0.25) is 9.78 Å². The van der Waals surface area contributed by atoms with Gasteiger partial charge in [0.15, 0.2) is 17.2 Å². The maximum atomic E-state index is 13.2. The van der Waals surface area contributed by atoms with Crippen LogP contribution in [0.4, 0.5) is 5.69 Å². The Kier molecular flexibility index (Phi) is 5.03. The molecule has 0 aliphatic heterocycles. The van der Waals surface area contributed by atoms with Gasteiger partial charge in [0.25, 0.3) is 5.91 Å². The number of halogens is 1. The Morgan fingerprint density at radius 2 is 1.88 bits per heavy atom. The summed E-state index contributed by atoms with van der Waals surface area (Å²) in [6.45, 7) is 0. The molecule has 1 amide bonds. The Morgan fingerprint density at radius 1 is 1.09 bits per heavy atom. The highest BCUT2D eigenvalue weighted by atomic mass is 35.5. The van der Waals surface area contributed by atoms with Crippen LogP contribution in [0.3, 0.4) is 0 Å². The van der Waals surface area contributed by atoms with Crippen LogP contribution < -0.4 is 14.8 Å². The van der Waals surface area contributed by atoms with Crippen LogP contribution >= 0.6 is 11.6 Å². The molecule has 160 valence electrons. The lowest BCUT2D eigenvalue weighted by Gasteiger charge is -2.13. The molecule has 32 heavy (non-hydrogen) atoms. The van der Waals surface area contributed by atoms with Gasteiger partial charge in [0.05, 0.1) is 42.5 Å². The van der Waals surface area contributed by atoms with Crippen LogP contribution in [0.1, 0.15) is 21.6 Å². The van der Waals surface area contributed by atoms with Crippen molar-refractivity contribution in [3.63, 3.8) is 0 Å². The number of rotatable bonds is 5. The zero-order valence-electron chi connectivity index (χ0n) is 17.4. The molecule has 1 aliphatic carbocycles. The molecule has 0 saturated carbocycles. The van der Waals surface area contributed by atoms with Gasteiger partial charge >= 0.3 is 0 Å². The summed E-state index contributed by atoms with van der Waals surface area (Å²) >= 11 is 6.50. The number of fused-ring (bicyclic) bond motifs is 3. The van der Waals surface area contributed by atoms with Gasteiger partial charge in [-0.25, -0.2) is 4.68 Å². The lowest BCUT2D eigenvalue weighted by molar-refractivity contribution is 0.102. The van der Waals surface area contributed by atoms with Gasteiger partial charge in [-0.05, 0) is 42.0 Å². The van der Waals surface area contributed by atoms with E-state index in [0.29, 0.717) is 40.0 Å². The Hall–Kier alpha value is -3.84. The first-order chi connectivity index (χ1) is 15.6. The first-order valence-corrected chi connectivity index (χ1v) is 10.3. The number of nitrogens with zero attached hydrogens (tertiary/aromatic N) is 3. The van der Waals surface area contributed by atoms with E-state index in [1.165, 1.54) is 0 Å². The van der Waals surface area contributed by atoms with Gasteiger partial charge in [-0.15, -0.1) is 0 Å². The van der Waals surface area contributed by atoms with E-state index in [1.807, 2.05) is 30.3 Å². The molecule has 0 spiro atoms. The summed E-state index contributed by atoms with van der Waals surface area (Å²) in [5, 5.41) is 8.10. The first kappa shape index (κ1) is 20.1. The monoisotopic (exact) mass is 446 g/mol. The van der Waals surface area contributed by atoms with E-state index < -0.39 is 0 Å². The Balaban J connectivity index is 1.69. The Morgan fingerprint density at radius 3 is 2.59 bits per heavy atom. The van der Waals surface area contributed by atoms with Gasteiger partial charge in [0.2, 0.25) is 0 Å². The molecule has 1 N–H and O–H groups in total. The molecule has 7 nitrogen and oxygen atoms in total. The first-order valence-electron chi connectivity index (χ1n) is 9.94. The van der Waals surface area contributed by atoms with Gasteiger partial charge in [-0.2, -0.15) is 5.10 Å². The normalized spacial score (nSPS) is 11.6. The summed E-state index contributed by atoms with van der Waals surface area (Å²) in [5.74, 6) is 0.925. The molecule has 2 aromatic carbocycles.